The summed E-state index contributed by atoms with van der Waals surface area (Å²) in [5.41, 5.74) is 1.44. The van der Waals surface area contributed by atoms with Crippen LogP contribution in [0.25, 0.3) is 0 Å². The van der Waals surface area contributed by atoms with Gasteiger partial charge < -0.3 is 5.32 Å². The van der Waals surface area contributed by atoms with E-state index in [4.69, 9.17) is 0 Å². The average molecular weight is 223 g/mol. The normalized spacial score (nSPS) is 14.9. The third-order valence-electron chi connectivity index (χ3n) is 2.60. The molecule has 0 aliphatic rings. The van der Waals surface area contributed by atoms with Crippen molar-refractivity contribution in [3.05, 3.63) is 34.0 Å². The Hall–Kier alpha value is -0.600. The van der Waals surface area contributed by atoms with Crippen molar-refractivity contribution < 1.29 is 0 Å². The summed E-state index contributed by atoms with van der Waals surface area (Å²) < 4.78 is 0. The lowest BCUT2D eigenvalue weighted by atomic mass is 10.1. The average Bonchev–Trinajstić information content (AvgIpc) is 2.45. The van der Waals surface area contributed by atoms with Crippen molar-refractivity contribution in [1.29, 1.82) is 0 Å². The van der Waals surface area contributed by atoms with Crippen LogP contribution in [-0.4, -0.2) is 6.04 Å². The summed E-state index contributed by atoms with van der Waals surface area (Å²) in [5.74, 6) is 0. The lowest BCUT2D eigenvalue weighted by molar-refractivity contribution is 0.482. The van der Waals surface area contributed by atoms with Gasteiger partial charge in [0.1, 0.15) is 0 Å². The second-order valence-electron chi connectivity index (χ2n) is 4.18. The van der Waals surface area contributed by atoms with Gasteiger partial charge in [0.25, 0.3) is 0 Å². The number of hydrogen-bond acceptors (Lipinski definition) is 2. The second kappa shape index (κ2) is 5.47. The molecule has 0 radical (unpaired) electrons. The van der Waals surface area contributed by atoms with Crippen LogP contribution in [0, 0.1) is 13.8 Å². The van der Waals surface area contributed by atoms with E-state index < -0.39 is 0 Å². The van der Waals surface area contributed by atoms with Crippen molar-refractivity contribution in [2.75, 3.05) is 0 Å². The predicted octanol–water partition coefficient (Wildman–Crippen LogP) is 3.98. The van der Waals surface area contributed by atoms with Crippen molar-refractivity contribution in [2.45, 2.75) is 46.2 Å². The Morgan fingerprint density at radius 3 is 2.60 bits per heavy atom. The van der Waals surface area contributed by atoms with Crippen LogP contribution < -0.4 is 5.32 Å². The Bertz CT molecular complexity index is 327. The Labute approximate surface area is 97.2 Å². The van der Waals surface area contributed by atoms with E-state index in [1.165, 1.54) is 15.3 Å². The summed E-state index contributed by atoms with van der Waals surface area (Å²) in [4.78, 5) is 2.82. The van der Waals surface area contributed by atoms with Gasteiger partial charge in [-0.25, -0.2) is 0 Å². The predicted molar refractivity (Wildman–Crippen MR) is 69.6 cm³/mol. The minimum absolute atomic E-state index is 0.435. The number of aryl methyl sites for hydroxylation is 2. The van der Waals surface area contributed by atoms with Crippen LogP contribution in [0.15, 0.2) is 18.7 Å². The van der Waals surface area contributed by atoms with Crippen LogP contribution >= 0.6 is 11.3 Å². The molecule has 2 unspecified atom stereocenters. The van der Waals surface area contributed by atoms with Crippen molar-refractivity contribution in [1.82, 2.24) is 5.32 Å². The molecule has 0 bridgehead atoms. The van der Waals surface area contributed by atoms with Crippen molar-refractivity contribution in [2.24, 2.45) is 0 Å². The van der Waals surface area contributed by atoms with Gasteiger partial charge in [-0.15, -0.1) is 17.9 Å². The first-order valence-electron chi connectivity index (χ1n) is 5.48. The van der Waals surface area contributed by atoms with Gasteiger partial charge in [-0.05, 0) is 45.7 Å². The van der Waals surface area contributed by atoms with Gasteiger partial charge in [-0.2, -0.15) is 0 Å². The van der Waals surface area contributed by atoms with Gasteiger partial charge in [-0.3, -0.25) is 0 Å². The maximum Gasteiger partial charge on any atom is 0.0305 e. The molecule has 1 aromatic heterocycles. The van der Waals surface area contributed by atoms with E-state index in [9.17, 15) is 0 Å². The number of nitrogens with one attached hydrogen (secondary N) is 1. The largest absolute Gasteiger partial charge is 0.307 e. The Morgan fingerprint density at radius 2 is 2.13 bits per heavy atom. The highest BCUT2D eigenvalue weighted by molar-refractivity contribution is 7.12. The van der Waals surface area contributed by atoms with E-state index in [1.807, 2.05) is 17.4 Å². The Morgan fingerprint density at radius 1 is 1.47 bits per heavy atom. The third-order valence-corrected chi connectivity index (χ3v) is 3.58. The Kier molecular flexibility index (Phi) is 4.55. The van der Waals surface area contributed by atoms with E-state index in [2.05, 4.69) is 45.7 Å². The molecule has 0 saturated carbocycles. The molecule has 2 atom stereocenters. The topological polar surface area (TPSA) is 12.0 Å². The Balaban J connectivity index is 2.64. The molecule has 0 fully saturated rings. The first-order valence-corrected chi connectivity index (χ1v) is 6.30. The molecule has 0 saturated heterocycles. The van der Waals surface area contributed by atoms with Gasteiger partial charge >= 0.3 is 0 Å². The fourth-order valence-corrected chi connectivity index (χ4v) is 2.94. The first-order chi connectivity index (χ1) is 7.04. The molecule has 1 nitrogen and oxygen atoms in total. The molecular formula is C13H21NS. The molecule has 15 heavy (non-hydrogen) atoms. The van der Waals surface area contributed by atoms with Gasteiger partial charge in [-0.1, -0.05) is 6.08 Å². The summed E-state index contributed by atoms with van der Waals surface area (Å²) in [6.45, 7) is 12.6. The summed E-state index contributed by atoms with van der Waals surface area (Å²) in [5, 5.41) is 3.59. The van der Waals surface area contributed by atoms with E-state index >= 15 is 0 Å². The van der Waals surface area contributed by atoms with Crippen molar-refractivity contribution in [3.8, 4) is 0 Å². The summed E-state index contributed by atoms with van der Waals surface area (Å²) in [7, 11) is 0. The number of thiophene rings is 1. The zero-order valence-electron chi connectivity index (χ0n) is 10.1. The molecule has 0 spiro atoms. The van der Waals surface area contributed by atoms with Crippen molar-refractivity contribution in [3.63, 3.8) is 0 Å². The smallest absolute Gasteiger partial charge is 0.0305 e. The molecule has 1 heterocycles. The molecule has 1 N–H and O–H groups in total. The molecule has 0 aliphatic heterocycles. The van der Waals surface area contributed by atoms with Crippen LogP contribution in [0.2, 0.25) is 0 Å². The van der Waals surface area contributed by atoms with Gasteiger partial charge in [0.15, 0.2) is 0 Å². The summed E-state index contributed by atoms with van der Waals surface area (Å²) in [6.07, 6.45) is 2.99. The maximum atomic E-state index is 3.76. The third kappa shape index (κ3) is 3.47. The lowest BCUT2D eigenvalue weighted by Gasteiger charge is -2.19. The second-order valence-corrected chi connectivity index (χ2v) is 5.64. The zero-order chi connectivity index (χ0) is 11.4. The number of hydrogen-bond donors (Lipinski definition) is 1. The van der Waals surface area contributed by atoms with E-state index in [0.29, 0.717) is 12.1 Å². The zero-order valence-corrected chi connectivity index (χ0v) is 10.9. The molecule has 84 valence electrons. The first kappa shape index (κ1) is 12.5. The van der Waals surface area contributed by atoms with Gasteiger partial charge in [0, 0.05) is 21.8 Å². The van der Waals surface area contributed by atoms with E-state index in [1.54, 1.807) is 0 Å². The molecule has 0 aromatic carbocycles. The van der Waals surface area contributed by atoms with Crippen LogP contribution in [-0.2, 0) is 0 Å². The molecule has 1 rings (SSSR count). The molecule has 0 amide bonds. The highest BCUT2D eigenvalue weighted by Gasteiger charge is 2.12. The number of rotatable bonds is 5. The fourth-order valence-electron chi connectivity index (χ4n) is 1.91. The summed E-state index contributed by atoms with van der Waals surface area (Å²) in [6, 6.07) is 3.22. The van der Waals surface area contributed by atoms with Gasteiger partial charge in [0.05, 0.1) is 0 Å². The fraction of sp³-hybridized carbons (Fsp3) is 0.538. The van der Waals surface area contributed by atoms with Crippen LogP contribution in [0.5, 0.6) is 0 Å². The van der Waals surface area contributed by atoms with Crippen LogP contribution in [0.1, 0.15) is 41.6 Å². The highest BCUT2D eigenvalue weighted by Crippen LogP contribution is 2.26. The van der Waals surface area contributed by atoms with Crippen LogP contribution in [0.4, 0.5) is 0 Å². The van der Waals surface area contributed by atoms with E-state index in [-0.39, 0.29) is 0 Å². The summed E-state index contributed by atoms with van der Waals surface area (Å²) >= 11 is 1.88. The monoisotopic (exact) mass is 223 g/mol. The molecular weight excluding hydrogens is 202 g/mol. The van der Waals surface area contributed by atoms with Crippen molar-refractivity contribution >= 4 is 11.3 Å². The minimum Gasteiger partial charge on any atom is -0.307 e. The molecule has 2 heteroatoms. The standard InChI is InChI=1S/C13H21NS/c1-6-7-9(2)14-11(4)13-8-10(3)15-12(13)5/h6,8-9,11,14H,1,7H2,2-5H3. The van der Waals surface area contributed by atoms with Crippen LogP contribution in [0.3, 0.4) is 0 Å². The highest BCUT2D eigenvalue weighted by atomic mass is 32.1. The molecule has 1 aromatic rings. The lowest BCUT2D eigenvalue weighted by Crippen LogP contribution is -2.28. The minimum atomic E-state index is 0.435. The SMILES string of the molecule is C=CCC(C)NC(C)c1cc(C)sc1C. The quantitative estimate of drug-likeness (QED) is 0.745. The van der Waals surface area contributed by atoms with E-state index in [0.717, 1.165) is 6.42 Å². The van der Waals surface area contributed by atoms with Gasteiger partial charge in [0.2, 0.25) is 0 Å². The maximum absolute atomic E-state index is 3.76. The molecule has 0 aliphatic carbocycles.